The molecule has 0 spiro atoms. The molecular formula is C14H32S. The van der Waals surface area contributed by atoms with Crippen molar-refractivity contribution in [2.75, 3.05) is 12.5 Å². The molecule has 0 nitrogen and oxygen atoms in total. The smallest absolute Gasteiger partial charge is 0.00833 e. The zero-order valence-electron chi connectivity index (χ0n) is 12.0. The fourth-order valence-electron chi connectivity index (χ4n) is 1.61. The van der Waals surface area contributed by atoms with Crippen molar-refractivity contribution in [1.82, 2.24) is 0 Å². The van der Waals surface area contributed by atoms with E-state index in [1.807, 2.05) is 0 Å². The molecule has 0 rings (SSSR count). The van der Waals surface area contributed by atoms with Gasteiger partial charge in [-0.3, -0.25) is 10.9 Å². The summed E-state index contributed by atoms with van der Waals surface area (Å²) >= 11 is 0. The Bertz CT molecular complexity index is 163. The van der Waals surface area contributed by atoms with Crippen molar-refractivity contribution >= 4 is 10.9 Å². The van der Waals surface area contributed by atoms with Crippen LogP contribution in [-0.2, 0) is 0 Å². The highest BCUT2D eigenvalue weighted by Gasteiger charge is 2.19. The van der Waals surface area contributed by atoms with Crippen molar-refractivity contribution in [3.8, 4) is 0 Å². The van der Waals surface area contributed by atoms with Crippen LogP contribution < -0.4 is 0 Å². The molecule has 0 N–H and O–H groups in total. The van der Waals surface area contributed by atoms with E-state index in [1.165, 1.54) is 32.1 Å². The second kappa shape index (κ2) is 6.18. The Labute approximate surface area is 101 Å². The molecule has 0 atom stereocenters. The fraction of sp³-hybridized carbons (Fsp3) is 1.00. The summed E-state index contributed by atoms with van der Waals surface area (Å²) in [5.41, 5.74) is 0.525. The first-order chi connectivity index (χ1) is 6.65. The van der Waals surface area contributed by atoms with Gasteiger partial charge in [-0.15, -0.1) is 0 Å². The van der Waals surface area contributed by atoms with Gasteiger partial charge in [0, 0.05) is 0 Å². The topological polar surface area (TPSA) is 0 Å². The lowest BCUT2D eigenvalue weighted by molar-refractivity contribution is 0.355. The van der Waals surface area contributed by atoms with Gasteiger partial charge in [-0.05, 0) is 35.5 Å². The second-order valence-electron chi connectivity index (χ2n) is 6.83. The molecule has 0 aliphatic rings. The van der Waals surface area contributed by atoms with Crippen molar-refractivity contribution in [1.29, 1.82) is 0 Å². The first kappa shape index (κ1) is 15.3. The lowest BCUT2D eigenvalue weighted by atomic mass is 9.89. The standard InChI is InChI=1S/C14H32S/c1-13(2,3)11-9-8-10-12-14(4,5)15(6)7/h15H,8-12H2,1-7H3. The van der Waals surface area contributed by atoms with Gasteiger partial charge in [0.05, 0.1) is 0 Å². The Morgan fingerprint density at radius 2 is 1.20 bits per heavy atom. The number of thiol groups is 1. The molecule has 0 fully saturated rings. The van der Waals surface area contributed by atoms with Crippen LogP contribution in [0.3, 0.4) is 0 Å². The molecule has 0 amide bonds. The minimum atomic E-state index is 0.213. The first-order valence-corrected chi connectivity index (χ1v) is 8.56. The molecule has 15 heavy (non-hydrogen) atoms. The van der Waals surface area contributed by atoms with Gasteiger partial charge in [-0.1, -0.05) is 53.9 Å². The van der Waals surface area contributed by atoms with E-state index in [-0.39, 0.29) is 10.9 Å². The zero-order valence-corrected chi connectivity index (χ0v) is 12.9. The summed E-state index contributed by atoms with van der Waals surface area (Å²) in [7, 11) is 0.213. The van der Waals surface area contributed by atoms with Crippen LogP contribution in [0.4, 0.5) is 0 Å². The van der Waals surface area contributed by atoms with Crippen molar-refractivity contribution < 1.29 is 0 Å². The number of rotatable bonds is 6. The molecule has 0 saturated heterocycles. The van der Waals surface area contributed by atoms with Gasteiger partial charge in [0.25, 0.3) is 0 Å². The van der Waals surface area contributed by atoms with Crippen LogP contribution >= 0.6 is 10.9 Å². The van der Waals surface area contributed by atoms with Crippen LogP contribution in [0.25, 0.3) is 0 Å². The van der Waals surface area contributed by atoms with E-state index in [0.29, 0.717) is 10.2 Å². The molecule has 94 valence electrons. The third kappa shape index (κ3) is 8.19. The quantitative estimate of drug-likeness (QED) is 0.482. The van der Waals surface area contributed by atoms with E-state index in [0.717, 1.165) is 0 Å². The van der Waals surface area contributed by atoms with Gasteiger partial charge in [0.15, 0.2) is 0 Å². The first-order valence-electron chi connectivity index (χ1n) is 6.33. The second-order valence-corrected chi connectivity index (χ2v) is 9.83. The maximum atomic E-state index is 2.43. The van der Waals surface area contributed by atoms with Crippen molar-refractivity contribution in [2.24, 2.45) is 5.41 Å². The molecule has 0 aromatic rings. The number of hydrogen-bond acceptors (Lipinski definition) is 0. The minimum Gasteiger partial charge on any atom is -0.254 e. The monoisotopic (exact) mass is 232 g/mol. The molecule has 0 aromatic carbocycles. The highest BCUT2D eigenvalue weighted by atomic mass is 32.2. The normalized spacial score (nSPS) is 14.2. The average molecular weight is 232 g/mol. The molecule has 0 unspecified atom stereocenters. The molecule has 0 aliphatic heterocycles. The Hall–Kier alpha value is 0.350. The van der Waals surface area contributed by atoms with Crippen molar-refractivity contribution in [2.45, 2.75) is 71.5 Å². The summed E-state index contributed by atoms with van der Waals surface area (Å²) in [6.07, 6.45) is 11.9. The summed E-state index contributed by atoms with van der Waals surface area (Å²) in [5, 5.41) is 0. The predicted molar refractivity (Wildman–Crippen MR) is 77.5 cm³/mol. The summed E-state index contributed by atoms with van der Waals surface area (Å²) in [6, 6.07) is 0. The molecule has 1 heteroatoms. The van der Waals surface area contributed by atoms with E-state index in [2.05, 4.69) is 47.1 Å². The highest BCUT2D eigenvalue weighted by Crippen LogP contribution is 2.38. The molecule has 0 radical (unpaired) electrons. The van der Waals surface area contributed by atoms with Gasteiger partial charge in [0.1, 0.15) is 0 Å². The van der Waals surface area contributed by atoms with E-state index in [9.17, 15) is 0 Å². The van der Waals surface area contributed by atoms with Gasteiger partial charge in [-0.25, -0.2) is 0 Å². The Balaban J connectivity index is 3.55. The summed E-state index contributed by atoms with van der Waals surface area (Å²) in [4.78, 5) is 0. The number of unbranched alkanes of at least 4 members (excludes halogenated alkanes) is 2. The predicted octanol–water partition coefficient (Wildman–Crippen LogP) is 5.02. The molecule has 0 heterocycles. The highest BCUT2D eigenvalue weighted by molar-refractivity contribution is 8.17. The van der Waals surface area contributed by atoms with Crippen molar-refractivity contribution in [3.05, 3.63) is 0 Å². The SMILES string of the molecule is C[SH](C)C(C)(C)CCCCCC(C)(C)C. The largest absolute Gasteiger partial charge is 0.254 e. The molecule has 0 bridgehead atoms. The average Bonchev–Trinajstić information content (AvgIpc) is 2.00. The lowest BCUT2D eigenvalue weighted by Crippen LogP contribution is -2.18. The van der Waals surface area contributed by atoms with Crippen LogP contribution in [0.1, 0.15) is 66.7 Å². The Morgan fingerprint density at radius 3 is 1.60 bits per heavy atom. The van der Waals surface area contributed by atoms with E-state index in [4.69, 9.17) is 0 Å². The van der Waals surface area contributed by atoms with Crippen molar-refractivity contribution in [3.63, 3.8) is 0 Å². The summed E-state index contributed by atoms with van der Waals surface area (Å²) < 4.78 is 0.594. The molecular weight excluding hydrogens is 200 g/mol. The van der Waals surface area contributed by atoms with E-state index < -0.39 is 0 Å². The van der Waals surface area contributed by atoms with Crippen LogP contribution in [0.15, 0.2) is 0 Å². The van der Waals surface area contributed by atoms with Gasteiger partial charge in [-0.2, -0.15) is 0 Å². The zero-order chi connectivity index (χ0) is 12.1. The summed E-state index contributed by atoms with van der Waals surface area (Å²) in [5.74, 6) is 0. The van der Waals surface area contributed by atoms with Crippen LogP contribution in [0, 0.1) is 5.41 Å². The van der Waals surface area contributed by atoms with Gasteiger partial charge < -0.3 is 0 Å². The van der Waals surface area contributed by atoms with E-state index >= 15 is 0 Å². The van der Waals surface area contributed by atoms with Gasteiger partial charge >= 0.3 is 0 Å². The van der Waals surface area contributed by atoms with Crippen LogP contribution in [0.5, 0.6) is 0 Å². The minimum absolute atomic E-state index is 0.213. The molecule has 0 saturated carbocycles. The Kier molecular flexibility index (Phi) is 6.32. The third-order valence-corrected chi connectivity index (χ3v) is 6.07. The van der Waals surface area contributed by atoms with E-state index in [1.54, 1.807) is 0 Å². The fourth-order valence-corrected chi connectivity index (χ4v) is 2.22. The molecule has 0 aromatic heterocycles. The van der Waals surface area contributed by atoms with Crippen LogP contribution in [0.2, 0.25) is 0 Å². The third-order valence-electron chi connectivity index (χ3n) is 3.43. The number of hydrogen-bond donors (Lipinski definition) is 1. The lowest BCUT2D eigenvalue weighted by Gasteiger charge is -2.32. The maximum absolute atomic E-state index is 2.43. The van der Waals surface area contributed by atoms with Crippen LogP contribution in [-0.4, -0.2) is 17.3 Å². The molecule has 0 aliphatic carbocycles. The maximum Gasteiger partial charge on any atom is -0.00833 e. The van der Waals surface area contributed by atoms with Gasteiger partial charge in [0.2, 0.25) is 0 Å². The Morgan fingerprint density at radius 1 is 0.733 bits per heavy atom. The summed E-state index contributed by atoms with van der Waals surface area (Å²) in [6.45, 7) is 11.9.